The van der Waals surface area contributed by atoms with Crippen molar-refractivity contribution in [3.8, 4) is 0 Å². The molecule has 2 aromatic heterocycles. The van der Waals surface area contributed by atoms with E-state index >= 15 is 0 Å². The Bertz CT molecular complexity index is 835. The standard InChI is InChI=1S/C14H14N6O2/c1-7(14-16-12(19-22-14)8-2-3-8)15-13(21)9-4-5-10-11(6-9)18-20-17-10/h4-8H,2-3H2,1H3,(H,15,21)(H,17,18,20). The van der Waals surface area contributed by atoms with Crippen LogP contribution in [0.25, 0.3) is 11.0 Å². The van der Waals surface area contributed by atoms with Gasteiger partial charge in [0, 0.05) is 11.5 Å². The van der Waals surface area contributed by atoms with Gasteiger partial charge in [-0.05, 0) is 38.0 Å². The molecule has 112 valence electrons. The van der Waals surface area contributed by atoms with E-state index in [1.165, 1.54) is 0 Å². The Morgan fingerprint density at radius 1 is 1.36 bits per heavy atom. The summed E-state index contributed by atoms with van der Waals surface area (Å²) in [5.41, 5.74) is 1.87. The van der Waals surface area contributed by atoms with Gasteiger partial charge in [0.1, 0.15) is 17.1 Å². The quantitative estimate of drug-likeness (QED) is 0.758. The van der Waals surface area contributed by atoms with Crippen molar-refractivity contribution >= 4 is 16.9 Å². The molecule has 1 saturated carbocycles. The maximum Gasteiger partial charge on any atom is 0.251 e. The van der Waals surface area contributed by atoms with Crippen molar-refractivity contribution in [1.29, 1.82) is 0 Å². The lowest BCUT2D eigenvalue weighted by Crippen LogP contribution is -2.26. The number of rotatable bonds is 4. The molecule has 4 rings (SSSR count). The summed E-state index contributed by atoms with van der Waals surface area (Å²) in [4.78, 5) is 16.6. The second-order valence-electron chi connectivity index (χ2n) is 5.49. The molecule has 8 nitrogen and oxygen atoms in total. The third-order valence-corrected chi connectivity index (χ3v) is 3.70. The number of hydrogen-bond acceptors (Lipinski definition) is 6. The zero-order valence-corrected chi connectivity index (χ0v) is 11.9. The molecule has 1 aliphatic rings. The van der Waals surface area contributed by atoms with E-state index in [0.717, 1.165) is 24.2 Å². The third-order valence-electron chi connectivity index (χ3n) is 3.70. The van der Waals surface area contributed by atoms with Crippen LogP contribution in [0.4, 0.5) is 0 Å². The van der Waals surface area contributed by atoms with Crippen molar-refractivity contribution in [2.45, 2.75) is 31.7 Å². The van der Waals surface area contributed by atoms with Gasteiger partial charge in [0.2, 0.25) is 5.89 Å². The SMILES string of the molecule is CC(NC(=O)c1ccc2n[nH]nc2c1)c1nc(C2CC2)no1. The van der Waals surface area contributed by atoms with Crippen molar-refractivity contribution < 1.29 is 9.32 Å². The van der Waals surface area contributed by atoms with E-state index < -0.39 is 0 Å². The largest absolute Gasteiger partial charge is 0.341 e. The molecule has 2 N–H and O–H groups in total. The molecule has 0 radical (unpaired) electrons. The van der Waals surface area contributed by atoms with Gasteiger partial charge in [-0.25, -0.2) is 0 Å². The van der Waals surface area contributed by atoms with Crippen molar-refractivity contribution in [3.63, 3.8) is 0 Å². The first kappa shape index (κ1) is 12.9. The summed E-state index contributed by atoms with van der Waals surface area (Å²) in [5, 5.41) is 17.3. The zero-order valence-electron chi connectivity index (χ0n) is 11.9. The van der Waals surface area contributed by atoms with Gasteiger partial charge in [0.15, 0.2) is 5.82 Å². The average Bonchev–Trinajstić information content (AvgIpc) is 3.07. The van der Waals surface area contributed by atoms with Gasteiger partial charge in [-0.15, -0.1) is 0 Å². The maximum absolute atomic E-state index is 12.3. The first-order chi connectivity index (χ1) is 10.7. The number of benzene rings is 1. The first-order valence-electron chi connectivity index (χ1n) is 7.15. The van der Waals surface area contributed by atoms with Gasteiger partial charge in [0.05, 0.1) is 0 Å². The second kappa shape index (κ2) is 4.90. The summed E-state index contributed by atoms with van der Waals surface area (Å²) >= 11 is 0. The Balaban J connectivity index is 1.49. The highest BCUT2D eigenvalue weighted by Crippen LogP contribution is 2.38. The molecule has 0 bridgehead atoms. The number of carbonyl (C=O) groups is 1. The summed E-state index contributed by atoms with van der Waals surface area (Å²) in [6.45, 7) is 1.82. The van der Waals surface area contributed by atoms with Gasteiger partial charge >= 0.3 is 0 Å². The number of aromatic nitrogens is 5. The molecular weight excluding hydrogens is 284 g/mol. The number of aromatic amines is 1. The van der Waals surface area contributed by atoms with E-state index in [1.54, 1.807) is 18.2 Å². The smallest absolute Gasteiger partial charge is 0.251 e. The summed E-state index contributed by atoms with van der Waals surface area (Å²) < 4.78 is 5.22. The van der Waals surface area contributed by atoms with Crippen molar-refractivity contribution in [3.05, 3.63) is 35.5 Å². The monoisotopic (exact) mass is 298 g/mol. The number of H-pyrrole nitrogens is 1. The molecular formula is C14H14N6O2. The predicted octanol–water partition coefficient (Wildman–Crippen LogP) is 1.71. The molecule has 1 amide bonds. The van der Waals surface area contributed by atoms with Crippen LogP contribution in [0.1, 0.15) is 53.8 Å². The normalized spacial score (nSPS) is 15.9. The molecule has 1 atom stereocenters. The summed E-state index contributed by atoms with van der Waals surface area (Å²) in [6.07, 6.45) is 2.22. The number of hydrogen-bond donors (Lipinski definition) is 2. The Labute approximate surface area is 125 Å². The van der Waals surface area contributed by atoms with Crippen molar-refractivity contribution in [2.75, 3.05) is 0 Å². The highest BCUT2D eigenvalue weighted by Gasteiger charge is 2.29. The minimum absolute atomic E-state index is 0.219. The molecule has 1 unspecified atom stereocenters. The molecule has 22 heavy (non-hydrogen) atoms. The molecule has 0 spiro atoms. The molecule has 1 fully saturated rings. The maximum atomic E-state index is 12.3. The molecule has 0 aliphatic heterocycles. The average molecular weight is 298 g/mol. The van der Waals surface area contributed by atoms with Crippen molar-refractivity contribution in [1.82, 2.24) is 30.9 Å². The Morgan fingerprint density at radius 2 is 2.18 bits per heavy atom. The molecule has 0 saturated heterocycles. The van der Waals surface area contributed by atoms with Gasteiger partial charge in [-0.2, -0.15) is 20.4 Å². The predicted molar refractivity (Wildman–Crippen MR) is 76.0 cm³/mol. The summed E-state index contributed by atoms with van der Waals surface area (Å²) in [5.74, 6) is 1.37. The lowest BCUT2D eigenvalue weighted by molar-refractivity contribution is 0.0932. The number of nitrogens with one attached hydrogen (secondary N) is 2. The van der Waals surface area contributed by atoms with E-state index in [0.29, 0.717) is 22.9 Å². The van der Waals surface area contributed by atoms with Crippen molar-refractivity contribution in [2.24, 2.45) is 0 Å². The summed E-state index contributed by atoms with van der Waals surface area (Å²) in [7, 11) is 0. The van der Waals surface area contributed by atoms with Gasteiger partial charge < -0.3 is 9.84 Å². The van der Waals surface area contributed by atoms with Gasteiger partial charge in [-0.3, -0.25) is 4.79 Å². The van der Waals surface area contributed by atoms with Crippen LogP contribution in [-0.2, 0) is 0 Å². The van der Waals surface area contributed by atoms with Gasteiger partial charge in [0.25, 0.3) is 5.91 Å². The number of amides is 1. The number of carbonyl (C=O) groups excluding carboxylic acids is 1. The third kappa shape index (κ3) is 2.32. The van der Waals surface area contributed by atoms with E-state index in [1.807, 2.05) is 6.92 Å². The van der Waals surface area contributed by atoms with Crippen LogP contribution in [0.5, 0.6) is 0 Å². The fraction of sp³-hybridized carbons (Fsp3) is 0.357. The van der Waals surface area contributed by atoms with Crippen LogP contribution in [-0.4, -0.2) is 31.5 Å². The fourth-order valence-electron chi connectivity index (χ4n) is 2.25. The lowest BCUT2D eigenvalue weighted by atomic mass is 10.1. The van der Waals surface area contributed by atoms with Crippen LogP contribution < -0.4 is 5.32 Å². The summed E-state index contributed by atoms with van der Waals surface area (Å²) in [6, 6.07) is 4.79. The Hall–Kier alpha value is -2.77. The zero-order chi connectivity index (χ0) is 15.1. The fourth-order valence-corrected chi connectivity index (χ4v) is 2.25. The molecule has 1 aromatic carbocycles. The Kier molecular flexibility index (Phi) is 2.88. The van der Waals surface area contributed by atoms with Gasteiger partial charge in [-0.1, -0.05) is 5.16 Å². The van der Waals surface area contributed by atoms with E-state index in [-0.39, 0.29) is 11.9 Å². The highest BCUT2D eigenvalue weighted by atomic mass is 16.5. The molecule has 8 heteroatoms. The van der Waals surface area contributed by atoms with E-state index in [9.17, 15) is 4.79 Å². The van der Waals surface area contributed by atoms with Crippen LogP contribution in [0.2, 0.25) is 0 Å². The second-order valence-corrected chi connectivity index (χ2v) is 5.49. The van der Waals surface area contributed by atoms with Crippen LogP contribution >= 0.6 is 0 Å². The van der Waals surface area contributed by atoms with Crippen LogP contribution in [0.15, 0.2) is 22.7 Å². The molecule has 1 aliphatic carbocycles. The Morgan fingerprint density at radius 3 is 3.00 bits per heavy atom. The number of fused-ring (bicyclic) bond motifs is 1. The minimum Gasteiger partial charge on any atom is -0.341 e. The molecule has 3 aromatic rings. The van der Waals surface area contributed by atoms with Crippen LogP contribution in [0.3, 0.4) is 0 Å². The lowest BCUT2D eigenvalue weighted by Gasteiger charge is -2.09. The van der Waals surface area contributed by atoms with Crippen LogP contribution in [0, 0.1) is 0 Å². The topological polar surface area (TPSA) is 110 Å². The first-order valence-corrected chi connectivity index (χ1v) is 7.15. The van der Waals surface area contributed by atoms with E-state index in [4.69, 9.17) is 4.52 Å². The van der Waals surface area contributed by atoms with E-state index in [2.05, 4.69) is 30.9 Å². The number of nitrogens with zero attached hydrogens (tertiary/aromatic N) is 4. The minimum atomic E-state index is -0.347. The molecule has 2 heterocycles. The highest BCUT2D eigenvalue weighted by molar-refractivity contribution is 5.97.